The molecule has 0 radical (unpaired) electrons. The summed E-state index contributed by atoms with van der Waals surface area (Å²) in [5, 5.41) is 8.10. The number of nitrogens with two attached hydrogens (primary N) is 1. The second-order valence-corrected chi connectivity index (χ2v) is 4.99. The van der Waals surface area contributed by atoms with Crippen LogP contribution in [0.1, 0.15) is 24.5 Å². The van der Waals surface area contributed by atoms with Gasteiger partial charge in [0.2, 0.25) is 0 Å². The van der Waals surface area contributed by atoms with Gasteiger partial charge in [-0.2, -0.15) is 0 Å². The van der Waals surface area contributed by atoms with Gasteiger partial charge >= 0.3 is 0 Å². The van der Waals surface area contributed by atoms with Crippen LogP contribution in [-0.2, 0) is 6.42 Å². The van der Waals surface area contributed by atoms with E-state index in [4.69, 9.17) is 27.5 Å². The zero-order valence-corrected chi connectivity index (χ0v) is 12.1. The Balaban J connectivity index is 2.25. The third kappa shape index (κ3) is 3.52. The zero-order valence-electron chi connectivity index (χ0n) is 11.3. The number of benzene rings is 2. The number of halogens is 1. The number of hydrogen-bond donors (Lipinski definition) is 2. The molecule has 0 unspecified atom stereocenters. The second-order valence-electron chi connectivity index (χ2n) is 4.55. The minimum absolute atomic E-state index is 0.0423. The summed E-state index contributed by atoms with van der Waals surface area (Å²) in [5.41, 5.74) is 7.35. The highest BCUT2D eigenvalue weighted by Gasteiger charge is 2.08. The van der Waals surface area contributed by atoms with Crippen LogP contribution < -0.4 is 10.5 Å². The van der Waals surface area contributed by atoms with Crippen LogP contribution in [0, 0.1) is 5.41 Å². The smallest absolute Gasteiger partial charge is 0.139 e. The molecule has 3 N–H and O–H groups in total. The molecule has 0 saturated carbocycles. The molecule has 0 atom stereocenters. The van der Waals surface area contributed by atoms with Gasteiger partial charge in [-0.15, -0.1) is 0 Å². The predicted molar refractivity (Wildman–Crippen MR) is 83.0 cm³/mol. The van der Waals surface area contributed by atoms with E-state index in [9.17, 15) is 0 Å². The Morgan fingerprint density at radius 2 is 1.90 bits per heavy atom. The van der Waals surface area contributed by atoms with Gasteiger partial charge in [-0.3, -0.25) is 5.41 Å². The molecule has 0 bridgehead atoms. The third-order valence-electron chi connectivity index (χ3n) is 2.92. The van der Waals surface area contributed by atoms with Crippen molar-refractivity contribution in [2.45, 2.75) is 19.8 Å². The third-order valence-corrected chi connectivity index (χ3v) is 3.16. The topological polar surface area (TPSA) is 59.1 Å². The van der Waals surface area contributed by atoms with Gasteiger partial charge in [0, 0.05) is 11.1 Å². The molecule has 2 rings (SSSR count). The molecule has 4 heteroatoms. The van der Waals surface area contributed by atoms with E-state index >= 15 is 0 Å². The summed E-state index contributed by atoms with van der Waals surface area (Å²) < 4.78 is 5.78. The number of rotatable bonds is 5. The van der Waals surface area contributed by atoms with E-state index in [2.05, 4.69) is 6.92 Å². The first kappa shape index (κ1) is 14.4. The van der Waals surface area contributed by atoms with Crippen LogP contribution in [-0.4, -0.2) is 5.84 Å². The first-order chi connectivity index (χ1) is 9.60. The molecule has 104 valence electrons. The molecule has 0 heterocycles. The molecule has 3 nitrogen and oxygen atoms in total. The lowest BCUT2D eigenvalue weighted by Crippen LogP contribution is -2.12. The van der Waals surface area contributed by atoms with Crippen molar-refractivity contribution in [3.63, 3.8) is 0 Å². The Labute approximate surface area is 123 Å². The van der Waals surface area contributed by atoms with Crippen LogP contribution in [0.25, 0.3) is 0 Å². The second kappa shape index (κ2) is 6.44. The number of ether oxygens (including phenoxy) is 1. The molecule has 0 aromatic heterocycles. The molecule has 20 heavy (non-hydrogen) atoms. The molecule has 2 aromatic carbocycles. The fourth-order valence-corrected chi connectivity index (χ4v) is 2.11. The Hall–Kier alpha value is -2.00. The van der Waals surface area contributed by atoms with Gasteiger partial charge in [0.1, 0.15) is 17.3 Å². The van der Waals surface area contributed by atoms with Gasteiger partial charge < -0.3 is 10.5 Å². The fraction of sp³-hybridized carbons (Fsp3) is 0.188. The average Bonchev–Trinajstić information content (AvgIpc) is 2.41. The summed E-state index contributed by atoms with van der Waals surface area (Å²) in [6, 6.07) is 12.9. The summed E-state index contributed by atoms with van der Waals surface area (Å²) in [5.74, 6) is 1.15. The molecule has 2 aromatic rings. The van der Waals surface area contributed by atoms with Crippen LogP contribution in [0.15, 0.2) is 42.5 Å². The van der Waals surface area contributed by atoms with E-state index in [0.717, 1.165) is 12.8 Å². The van der Waals surface area contributed by atoms with Crippen molar-refractivity contribution in [1.82, 2.24) is 0 Å². The Kier molecular flexibility index (Phi) is 4.64. The molecule has 0 aliphatic carbocycles. The van der Waals surface area contributed by atoms with Gasteiger partial charge in [0.25, 0.3) is 0 Å². The van der Waals surface area contributed by atoms with Crippen LogP contribution in [0.2, 0.25) is 5.02 Å². The minimum atomic E-state index is -0.0423. The molecule has 0 spiro atoms. The van der Waals surface area contributed by atoms with Crippen molar-refractivity contribution >= 4 is 17.4 Å². The first-order valence-electron chi connectivity index (χ1n) is 6.51. The standard InChI is InChI=1S/C16H17ClN2O/c1-2-3-11-4-7-13(8-5-11)20-15-10-12(17)6-9-14(15)16(18)19/h4-10H,2-3H2,1H3,(H3,18,19). The number of amidine groups is 1. The Morgan fingerprint density at radius 3 is 2.50 bits per heavy atom. The molecule has 0 amide bonds. The predicted octanol–water partition coefficient (Wildman–Crippen LogP) is 4.37. The quantitative estimate of drug-likeness (QED) is 0.634. The molecular weight excluding hydrogens is 272 g/mol. The van der Waals surface area contributed by atoms with E-state index in [1.165, 1.54) is 5.56 Å². The van der Waals surface area contributed by atoms with Crippen molar-refractivity contribution < 1.29 is 4.74 Å². The molecule has 0 saturated heterocycles. The van der Waals surface area contributed by atoms with Crippen LogP contribution >= 0.6 is 11.6 Å². The summed E-state index contributed by atoms with van der Waals surface area (Å²) >= 11 is 5.96. The zero-order chi connectivity index (χ0) is 14.5. The van der Waals surface area contributed by atoms with E-state index in [0.29, 0.717) is 22.1 Å². The molecule has 0 aliphatic heterocycles. The van der Waals surface area contributed by atoms with Crippen LogP contribution in [0.3, 0.4) is 0 Å². The maximum absolute atomic E-state index is 7.56. The van der Waals surface area contributed by atoms with E-state index in [1.807, 2.05) is 24.3 Å². The van der Waals surface area contributed by atoms with Crippen molar-refractivity contribution in [2.24, 2.45) is 5.73 Å². The van der Waals surface area contributed by atoms with Gasteiger partial charge in [-0.25, -0.2) is 0 Å². The number of nitrogen functional groups attached to an aromatic ring is 1. The number of aryl methyl sites for hydroxylation is 1. The molecule has 0 aliphatic rings. The van der Waals surface area contributed by atoms with Crippen molar-refractivity contribution in [2.75, 3.05) is 0 Å². The Bertz CT molecular complexity index is 608. The van der Waals surface area contributed by atoms with E-state index < -0.39 is 0 Å². The summed E-state index contributed by atoms with van der Waals surface area (Å²) in [7, 11) is 0. The lowest BCUT2D eigenvalue weighted by atomic mass is 10.1. The summed E-state index contributed by atoms with van der Waals surface area (Å²) in [6.07, 6.45) is 2.17. The normalized spacial score (nSPS) is 10.3. The SMILES string of the molecule is CCCc1ccc(Oc2cc(Cl)ccc2C(=N)N)cc1. The lowest BCUT2D eigenvalue weighted by Gasteiger charge is -2.11. The highest BCUT2D eigenvalue weighted by Crippen LogP contribution is 2.28. The van der Waals surface area contributed by atoms with Crippen molar-refractivity contribution in [3.8, 4) is 11.5 Å². The highest BCUT2D eigenvalue weighted by atomic mass is 35.5. The summed E-state index contributed by atoms with van der Waals surface area (Å²) in [6.45, 7) is 2.15. The largest absolute Gasteiger partial charge is 0.457 e. The lowest BCUT2D eigenvalue weighted by molar-refractivity contribution is 0.481. The summed E-state index contributed by atoms with van der Waals surface area (Å²) in [4.78, 5) is 0. The van der Waals surface area contributed by atoms with Crippen molar-refractivity contribution in [1.29, 1.82) is 5.41 Å². The van der Waals surface area contributed by atoms with Crippen LogP contribution in [0.5, 0.6) is 11.5 Å². The Morgan fingerprint density at radius 1 is 1.20 bits per heavy atom. The number of nitrogens with one attached hydrogen (secondary N) is 1. The van der Waals surface area contributed by atoms with Gasteiger partial charge in [0.15, 0.2) is 0 Å². The van der Waals surface area contributed by atoms with Crippen LogP contribution in [0.4, 0.5) is 0 Å². The minimum Gasteiger partial charge on any atom is -0.457 e. The maximum atomic E-state index is 7.56. The molecular formula is C16H17ClN2O. The van der Waals surface area contributed by atoms with E-state index in [-0.39, 0.29) is 5.84 Å². The molecule has 0 fully saturated rings. The van der Waals surface area contributed by atoms with Gasteiger partial charge in [-0.1, -0.05) is 37.1 Å². The first-order valence-corrected chi connectivity index (χ1v) is 6.88. The van der Waals surface area contributed by atoms with Crippen molar-refractivity contribution in [3.05, 3.63) is 58.6 Å². The van der Waals surface area contributed by atoms with E-state index in [1.54, 1.807) is 18.2 Å². The van der Waals surface area contributed by atoms with Gasteiger partial charge in [-0.05, 0) is 36.2 Å². The monoisotopic (exact) mass is 288 g/mol. The highest BCUT2D eigenvalue weighted by molar-refractivity contribution is 6.30. The average molecular weight is 289 g/mol. The number of hydrogen-bond acceptors (Lipinski definition) is 2. The van der Waals surface area contributed by atoms with Gasteiger partial charge in [0.05, 0.1) is 5.56 Å². The fourth-order valence-electron chi connectivity index (χ4n) is 1.94. The maximum Gasteiger partial charge on any atom is 0.139 e.